The monoisotopic (exact) mass is 268 g/mol. The van der Waals surface area contributed by atoms with Crippen molar-refractivity contribution >= 4 is 5.69 Å². The van der Waals surface area contributed by atoms with Gasteiger partial charge >= 0.3 is 0 Å². The van der Waals surface area contributed by atoms with Crippen molar-refractivity contribution in [2.75, 3.05) is 25.0 Å². The summed E-state index contributed by atoms with van der Waals surface area (Å²) in [6.45, 7) is 5.27. The Kier molecular flexibility index (Phi) is 6.12. The summed E-state index contributed by atoms with van der Waals surface area (Å²) in [4.78, 5) is 0. The molecular weight excluding hydrogens is 244 g/mol. The Morgan fingerprint density at radius 3 is 2.40 bits per heavy atom. The first kappa shape index (κ1) is 14.6. The second-order valence-electron chi connectivity index (χ2n) is 4.95. The zero-order valence-corrected chi connectivity index (χ0v) is 12.2. The minimum atomic E-state index is 0.983. The minimum absolute atomic E-state index is 0.983. The van der Waals surface area contributed by atoms with Gasteiger partial charge in [0.15, 0.2) is 0 Å². The molecule has 0 aromatic heterocycles. The van der Waals surface area contributed by atoms with Gasteiger partial charge in [0.1, 0.15) is 0 Å². The van der Waals surface area contributed by atoms with Crippen LogP contribution in [0, 0.1) is 0 Å². The van der Waals surface area contributed by atoms with Crippen LogP contribution in [0.4, 0.5) is 5.69 Å². The first-order valence-electron chi connectivity index (χ1n) is 7.46. The molecule has 2 N–H and O–H groups in total. The van der Waals surface area contributed by atoms with Crippen molar-refractivity contribution in [2.45, 2.75) is 19.8 Å². The third kappa shape index (κ3) is 4.71. The molecule has 0 aliphatic rings. The standard InChI is InChI=1S/C18H24N2/c1-2-19-13-8-14-20-18-12-7-6-11-17(18)15-16-9-4-3-5-10-16/h3-7,9-12,19-20H,2,8,13-15H2,1H3. The van der Waals surface area contributed by atoms with Crippen molar-refractivity contribution in [3.8, 4) is 0 Å². The summed E-state index contributed by atoms with van der Waals surface area (Å²) in [5, 5.41) is 6.90. The summed E-state index contributed by atoms with van der Waals surface area (Å²) in [6.07, 6.45) is 2.13. The van der Waals surface area contributed by atoms with E-state index in [0.29, 0.717) is 0 Å². The van der Waals surface area contributed by atoms with E-state index in [4.69, 9.17) is 0 Å². The second-order valence-corrected chi connectivity index (χ2v) is 4.95. The highest BCUT2D eigenvalue weighted by molar-refractivity contribution is 5.52. The van der Waals surface area contributed by atoms with Crippen LogP contribution in [0.5, 0.6) is 0 Å². The van der Waals surface area contributed by atoms with Crippen molar-refractivity contribution in [1.82, 2.24) is 5.32 Å². The van der Waals surface area contributed by atoms with Gasteiger partial charge in [-0.2, -0.15) is 0 Å². The molecule has 0 amide bonds. The highest BCUT2D eigenvalue weighted by Gasteiger charge is 2.02. The smallest absolute Gasteiger partial charge is 0.0376 e. The van der Waals surface area contributed by atoms with Crippen molar-refractivity contribution in [2.24, 2.45) is 0 Å². The van der Waals surface area contributed by atoms with Gasteiger partial charge in [0, 0.05) is 12.2 Å². The van der Waals surface area contributed by atoms with Crippen LogP contribution >= 0.6 is 0 Å². The minimum Gasteiger partial charge on any atom is -0.385 e. The van der Waals surface area contributed by atoms with Gasteiger partial charge in [-0.05, 0) is 43.1 Å². The van der Waals surface area contributed by atoms with Crippen LogP contribution in [-0.2, 0) is 6.42 Å². The Labute approximate surface area is 122 Å². The largest absolute Gasteiger partial charge is 0.385 e. The summed E-state index contributed by atoms with van der Waals surface area (Å²) in [7, 11) is 0. The second kappa shape index (κ2) is 8.39. The molecule has 0 heterocycles. The fraction of sp³-hybridized carbons (Fsp3) is 0.333. The lowest BCUT2D eigenvalue weighted by Gasteiger charge is -2.12. The van der Waals surface area contributed by atoms with E-state index in [-0.39, 0.29) is 0 Å². The molecule has 0 bridgehead atoms. The molecular formula is C18H24N2. The first-order valence-corrected chi connectivity index (χ1v) is 7.46. The van der Waals surface area contributed by atoms with Crippen LogP contribution in [0.3, 0.4) is 0 Å². The van der Waals surface area contributed by atoms with Crippen LogP contribution in [0.2, 0.25) is 0 Å². The Morgan fingerprint density at radius 1 is 0.850 bits per heavy atom. The number of para-hydroxylation sites is 1. The summed E-state index contributed by atoms with van der Waals surface area (Å²) in [6, 6.07) is 19.2. The lowest BCUT2D eigenvalue weighted by atomic mass is 10.0. The number of hydrogen-bond donors (Lipinski definition) is 2. The van der Waals surface area contributed by atoms with Crippen molar-refractivity contribution in [3.63, 3.8) is 0 Å². The van der Waals surface area contributed by atoms with E-state index in [9.17, 15) is 0 Å². The number of anilines is 1. The number of benzene rings is 2. The van der Waals surface area contributed by atoms with Gasteiger partial charge in [0.2, 0.25) is 0 Å². The Balaban J connectivity index is 1.92. The van der Waals surface area contributed by atoms with E-state index < -0.39 is 0 Å². The van der Waals surface area contributed by atoms with Crippen LogP contribution in [0.1, 0.15) is 24.5 Å². The quantitative estimate of drug-likeness (QED) is 0.714. The Morgan fingerprint density at radius 2 is 1.60 bits per heavy atom. The third-order valence-corrected chi connectivity index (χ3v) is 3.35. The van der Waals surface area contributed by atoms with Crippen molar-refractivity contribution < 1.29 is 0 Å². The summed E-state index contributed by atoms with van der Waals surface area (Å²) in [5.74, 6) is 0. The van der Waals surface area contributed by atoms with E-state index in [1.165, 1.54) is 16.8 Å². The maximum Gasteiger partial charge on any atom is 0.0376 e. The van der Waals surface area contributed by atoms with E-state index in [1.54, 1.807) is 0 Å². The molecule has 2 aromatic carbocycles. The molecule has 0 aliphatic heterocycles. The molecule has 0 radical (unpaired) electrons. The molecule has 106 valence electrons. The van der Waals surface area contributed by atoms with Gasteiger partial charge < -0.3 is 10.6 Å². The summed E-state index contributed by atoms with van der Waals surface area (Å²) < 4.78 is 0. The average Bonchev–Trinajstić information content (AvgIpc) is 2.50. The van der Waals surface area contributed by atoms with E-state index in [1.807, 2.05) is 0 Å². The van der Waals surface area contributed by atoms with E-state index in [2.05, 4.69) is 72.2 Å². The van der Waals surface area contributed by atoms with Gasteiger partial charge in [-0.25, -0.2) is 0 Å². The molecule has 0 fully saturated rings. The maximum atomic E-state index is 3.55. The zero-order valence-electron chi connectivity index (χ0n) is 12.2. The normalized spacial score (nSPS) is 10.4. The summed E-state index contributed by atoms with van der Waals surface area (Å²) in [5.41, 5.74) is 3.98. The number of rotatable bonds is 8. The van der Waals surface area contributed by atoms with E-state index >= 15 is 0 Å². The average molecular weight is 268 g/mol. The lowest BCUT2D eigenvalue weighted by molar-refractivity contribution is 0.688. The van der Waals surface area contributed by atoms with Gasteiger partial charge in [0.05, 0.1) is 0 Å². The van der Waals surface area contributed by atoms with Crippen molar-refractivity contribution in [1.29, 1.82) is 0 Å². The molecule has 0 saturated carbocycles. The summed E-state index contributed by atoms with van der Waals surface area (Å²) >= 11 is 0. The Hall–Kier alpha value is -1.80. The highest BCUT2D eigenvalue weighted by atomic mass is 14.9. The fourth-order valence-corrected chi connectivity index (χ4v) is 2.28. The van der Waals surface area contributed by atoms with Crippen LogP contribution in [0.15, 0.2) is 54.6 Å². The first-order chi connectivity index (χ1) is 9.90. The van der Waals surface area contributed by atoms with Gasteiger partial charge in [0.25, 0.3) is 0 Å². The molecule has 0 unspecified atom stereocenters. The molecule has 0 atom stereocenters. The van der Waals surface area contributed by atoms with Gasteiger partial charge in [-0.15, -0.1) is 0 Å². The maximum absolute atomic E-state index is 3.55. The molecule has 0 spiro atoms. The predicted octanol–water partition coefficient (Wildman–Crippen LogP) is 3.69. The van der Waals surface area contributed by atoms with Gasteiger partial charge in [-0.1, -0.05) is 55.5 Å². The van der Waals surface area contributed by atoms with Crippen LogP contribution in [-0.4, -0.2) is 19.6 Å². The SMILES string of the molecule is CCNCCCNc1ccccc1Cc1ccccc1. The van der Waals surface area contributed by atoms with Crippen LogP contribution < -0.4 is 10.6 Å². The highest BCUT2D eigenvalue weighted by Crippen LogP contribution is 2.18. The lowest BCUT2D eigenvalue weighted by Crippen LogP contribution is -2.17. The van der Waals surface area contributed by atoms with E-state index in [0.717, 1.165) is 32.5 Å². The third-order valence-electron chi connectivity index (χ3n) is 3.35. The molecule has 2 nitrogen and oxygen atoms in total. The predicted molar refractivity (Wildman–Crippen MR) is 87.3 cm³/mol. The topological polar surface area (TPSA) is 24.1 Å². The zero-order chi connectivity index (χ0) is 14.0. The fourth-order valence-electron chi connectivity index (χ4n) is 2.28. The van der Waals surface area contributed by atoms with Gasteiger partial charge in [-0.3, -0.25) is 0 Å². The molecule has 2 aromatic rings. The Bertz CT molecular complexity index is 494. The van der Waals surface area contributed by atoms with Crippen molar-refractivity contribution in [3.05, 3.63) is 65.7 Å². The molecule has 2 heteroatoms. The molecule has 0 aliphatic carbocycles. The number of nitrogens with one attached hydrogen (secondary N) is 2. The number of hydrogen-bond acceptors (Lipinski definition) is 2. The molecule has 0 saturated heterocycles. The van der Waals surface area contributed by atoms with Crippen LogP contribution in [0.25, 0.3) is 0 Å². The molecule has 2 rings (SSSR count). The molecule has 20 heavy (non-hydrogen) atoms.